The number of ether oxygens (including phenoxy) is 2. The third-order valence-corrected chi connectivity index (χ3v) is 2.21. The van der Waals surface area contributed by atoms with Gasteiger partial charge >= 0.3 is 11.9 Å². The second-order valence-electron chi connectivity index (χ2n) is 4.18. The van der Waals surface area contributed by atoms with Crippen LogP contribution in [-0.4, -0.2) is 47.6 Å². The van der Waals surface area contributed by atoms with Crippen LogP contribution in [-0.2, 0) is 19.1 Å². The lowest BCUT2D eigenvalue weighted by atomic mass is 10.1. The zero-order chi connectivity index (χ0) is 15.0. The molecule has 0 saturated carbocycles. The van der Waals surface area contributed by atoms with E-state index in [1.807, 2.05) is 0 Å². The fourth-order valence-electron chi connectivity index (χ4n) is 1.08. The van der Waals surface area contributed by atoms with E-state index in [-0.39, 0.29) is 24.2 Å². The molecule has 0 amide bonds. The van der Waals surface area contributed by atoms with Gasteiger partial charge in [-0.3, -0.25) is 0 Å². The van der Waals surface area contributed by atoms with E-state index in [1.54, 1.807) is 0 Å². The molecule has 2 N–H and O–H groups in total. The molecule has 2 unspecified atom stereocenters. The molecule has 0 aromatic carbocycles. The molecule has 0 heterocycles. The lowest BCUT2D eigenvalue weighted by Crippen LogP contribution is -2.35. The summed E-state index contributed by atoms with van der Waals surface area (Å²) in [7, 11) is 0. The number of carbonyl (C=O) groups excluding carboxylic acids is 2. The van der Waals surface area contributed by atoms with Crippen molar-refractivity contribution in [2.45, 2.75) is 32.5 Å². The lowest BCUT2D eigenvalue weighted by Gasteiger charge is -2.21. The van der Waals surface area contributed by atoms with Gasteiger partial charge in [0.25, 0.3) is 0 Å². The van der Waals surface area contributed by atoms with E-state index < -0.39 is 30.8 Å². The quantitative estimate of drug-likeness (QED) is 0.489. The molecule has 0 aliphatic rings. The van der Waals surface area contributed by atoms with Gasteiger partial charge in [0.2, 0.25) is 0 Å². The van der Waals surface area contributed by atoms with Crippen LogP contribution in [0.1, 0.15) is 20.3 Å². The van der Waals surface area contributed by atoms with E-state index in [0.29, 0.717) is 0 Å². The molecule has 0 spiro atoms. The van der Waals surface area contributed by atoms with Crippen molar-refractivity contribution in [1.82, 2.24) is 0 Å². The average molecular weight is 272 g/mol. The minimum Gasteiger partial charge on any atom is -0.462 e. The van der Waals surface area contributed by atoms with Crippen molar-refractivity contribution in [3.8, 4) is 0 Å². The molecule has 0 fully saturated rings. The summed E-state index contributed by atoms with van der Waals surface area (Å²) >= 11 is 0. The van der Waals surface area contributed by atoms with Crippen LogP contribution in [0, 0.1) is 0 Å². The minimum atomic E-state index is -1.24. The molecule has 0 rings (SSSR count). The van der Waals surface area contributed by atoms with Gasteiger partial charge in [-0.05, 0) is 13.8 Å². The van der Waals surface area contributed by atoms with Gasteiger partial charge in [0.1, 0.15) is 12.2 Å². The predicted octanol–water partition coefficient (Wildman–Crippen LogP) is 0.337. The molecule has 0 aliphatic heterocycles. The third-order valence-electron chi connectivity index (χ3n) is 2.21. The highest BCUT2D eigenvalue weighted by Gasteiger charge is 2.23. The number of aliphatic hydroxyl groups excluding tert-OH is 2. The van der Waals surface area contributed by atoms with Crippen LogP contribution < -0.4 is 0 Å². The van der Waals surface area contributed by atoms with E-state index >= 15 is 0 Å². The van der Waals surface area contributed by atoms with Crippen LogP contribution in [0.15, 0.2) is 24.3 Å². The molecule has 0 radical (unpaired) electrons. The molecule has 6 heteroatoms. The van der Waals surface area contributed by atoms with Crippen LogP contribution in [0.4, 0.5) is 0 Å². The van der Waals surface area contributed by atoms with Crippen molar-refractivity contribution in [2.75, 3.05) is 13.2 Å². The summed E-state index contributed by atoms with van der Waals surface area (Å²) in [6, 6.07) is 0. The molecular formula is C13H20O6. The smallest absolute Gasteiger partial charge is 0.333 e. The zero-order valence-corrected chi connectivity index (χ0v) is 11.2. The number of hydrogen-bond donors (Lipinski definition) is 2. The summed E-state index contributed by atoms with van der Waals surface area (Å²) in [6.45, 7) is 9.17. The van der Waals surface area contributed by atoms with Gasteiger partial charge in [-0.2, -0.15) is 0 Å². The minimum absolute atomic E-state index is 0.0586. The number of esters is 2. The molecule has 19 heavy (non-hydrogen) atoms. The van der Waals surface area contributed by atoms with Gasteiger partial charge in [-0.15, -0.1) is 0 Å². The number of carbonyl (C=O) groups is 2. The Labute approximate surface area is 112 Å². The monoisotopic (exact) mass is 272 g/mol. The van der Waals surface area contributed by atoms with Crippen LogP contribution >= 0.6 is 0 Å². The summed E-state index contributed by atoms with van der Waals surface area (Å²) in [4.78, 5) is 22.5. The Kier molecular flexibility index (Phi) is 7.71. The van der Waals surface area contributed by atoms with E-state index in [1.165, 1.54) is 13.8 Å². The highest BCUT2D eigenvalue weighted by atomic mass is 16.6. The number of rotatable bonds is 8. The normalized spacial score (nSPS) is 13.3. The van der Waals surface area contributed by atoms with E-state index in [9.17, 15) is 14.7 Å². The van der Waals surface area contributed by atoms with E-state index in [4.69, 9.17) is 14.6 Å². The van der Waals surface area contributed by atoms with Gasteiger partial charge in [-0.1, -0.05) is 13.2 Å². The molecule has 0 aromatic rings. The Morgan fingerprint density at radius 2 is 1.68 bits per heavy atom. The summed E-state index contributed by atoms with van der Waals surface area (Å²) < 4.78 is 9.77. The van der Waals surface area contributed by atoms with Crippen molar-refractivity contribution in [2.24, 2.45) is 0 Å². The van der Waals surface area contributed by atoms with Gasteiger partial charge in [0, 0.05) is 17.6 Å². The molecule has 2 atom stereocenters. The van der Waals surface area contributed by atoms with Gasteiger partial charge in [0.05, 0.1) is 13.2 Å². The fourth-order valence-corrected chi connectivity index (χ4v) is 1.08. The molecular weight excluding hydrogens is 252 g/mol. The maximum atomic E-state index is 11.3. The lowest BCUT2D eigenvalue weighted by molar-refractivity contribution is -0.154. The Balaban J connectivity index is 4.37. The Hall–Kier alpha value is -1.66. The summed E-state index contributed by atoms with van der Waals surface area (Å²) in [5.41, 5.74) is 0.423. The van der Waals surface area contributed by atoms with Gasteiger partial charge in [0.15, 0.2) is 0 Å². The first-order chi connectivity index (χ1) is 8.79. The SMILES string of the molecule is C=C(C)C(=O)OCCC(OC(=O)C(=C)C)C(O)CO. The first-order valence-corrected chi connectivity index (χ1v) is 5.77. The van der Waals surface area contributed by atoms with E-state index in [2.05, 4.69) is 13.2 Å². The standard InChI is InChI=1S/C13H20O6/c1-8(2)12(16)18-6-5-11(10(15)7-14)19-13(17)9(3)4/h10-11,14-15H,1,3,5-7H2,2,4H3. The maximum Gasteiger partial charge on any atom is 0.333 e. The Morgan fingerprint density at radius 3 is 2.11 bits per heavy atom. The topological polar surface area (TPSA) is 93.1 Å². The first kappa shape index (κ1) is 17.3. The van der Waals surface area contributed by atoms with E-state index in [0.717, 1.165) is 0 Å². The predicted molar refractivity (Wildman–Crippen MR) is 68.2 cm³/mol. The molecule has 0 bridgehead atoms. The van der Waals surface area contributed by atoms with Crippen molar-refractivity contribution >= 4 is 11.9 Å². The molecule has 108 valence electrons. The van der Waals surface area contributed by atoms with Gasteiger partial charge < -0.3 is 19.7 Å². The van der Waals surface area contributed by atoms with Crippen molar-refractivity contribution in [3.05, 3.63) is 24.3 Å². The molecule has 6 nitrogen and oxygen atoms in total. The molecule has 0 saturated heterocycles. The Bertz CT molecular complexity index is 360. The van der Waals surface area contributed by atoms with Crippen LogP contribution in [0.3, 0.4) is 0 Å². The van der Waals surface area contributed by atoms with Crippen molar-refractivity contribution in [1.29, 1.82) is 0 Å². The maximum absolute atomic E-state index is 11.3. The second-order valence-corrected chi connectivity index (χ2v) is 4.18. The average Bonchev–Trinajstić information content (AvgIpc) is 2.35. The highest BCUT2D eigenvalue weighted by Crippen LogP contribution is 2.09. The fraction of sp³-hybridized carbons (Fsp3) is 0.538. The number of hydrogen-bond acceptors (Lipinski definition) is 6. The van der Waals surface area contributed by atoms with Crippen LogP contribution in [0.2, 0.25) is 0 Å². The molecule has 0 aliphatic carbocycles. The first-order valence-electron chi connectivity index (χ1n) is 5.77. The summed E-state index contributed by atoms with van der Waals surface area (Å²) in [6.07, 6.45) is -2.14. The summed E-state index contributed by atoms with van der Waals surface area (Å²) in [5, 5.41) is 18.4. The second kappa shape index (κ2) is 8.44. The Morgan fingerprint density at radius 1 is 1.16 bits per heavy atom. The third kappa shape index (κ3) is 6.73. The zero-order valence-electron chi connectivity index (χ0n) is 11.2. The molecule has 0 aromatic heterocycles. The van der Waals surface area contributed by atoms with Crippen LogP contribution in [0.5, 0.6) is 0 Å². The summed E-state index contributed by atoms with van der Waals surface area (Å²) in [5.74, 6) is -1.24. The number of aliphatic hydroxyl groups is 2. The van der Waals surface area contributed by atoms with Gasteiger partial charge in [-0.25, -0.2) is 9.59 Å². The van der Waals surface area contributed by atoms with Crippen LogP contribution in [0.25, 0.3) is 0 Å². The highest BCUT2D eigenvalue weighted by molar-refractivity contribution is 5.87. The van der Waals surface area contributed by atoms with Crippen molar-refractivity contribution < 1.29 is 29.3 Å². The largest absolute Gasteiger partial charge is 0.462 e. The van der Waals surface area contributed by atoms with Crippen molar-refractivity contribution in [3.63, 3.8) is 0 Å².